The predicted molar refractivity (Wildman–Crippen MR) is 81.6 cm³/mol. The summed E-state index contributed by atoms with van der Waals surface area (Å²) in [5, 5.41) is 8.26. The number of piperidine rings is 1. The van der Waals surface area contributed by atoms with Gasteiger partial charge in [-0.15, -0.1) is 0 Å². The predicted octanol–water partition coefficient (Wildman–Crippen LogP) is 1.95. The lowest BCUT2D eigenvalue weighted by Gasteiger charge is -2.35. The average molecular weight is 276 g/mol. The van der Waals surface area contributed by atoms with Crippen molar-refractivity contribution in [1.82, 2.24) is 20.0 Å². The van der Waals surface area contributed by atoms with Crippen molar-refractivity contribution < 1.29 is 0 Å². The van der Waals surface area contributed by atoms with Crippen molar-refractivity contribution in [2.75, 3.05) is 19.6 Å². The lowest BCUT2D eigenvalue weighted by molar-refractivity contribution is 0.142. The highest BCUT2D eigenvalue weighted by Crippen LogP contribution is 2.25. The molecule has 3 heterocycles. The fourth-order valence-electron chi connectivity index (χ4n) is 3.80. The number of likely N-dealkylation sites (tertiary alicyclic amines) is 1. The molecule has 2 fully saturated rings. The van der Waals surface area contributed by atoms with Crippen molar-refractivity contribution >= 4 is 0 Å². The Labute approximate surface area is 122 Å². The summed E-state index contributed by atoms with van der Waals surface area (Å²) in [6.07, 6.45) is 6.52. The molecule has 2 atom stereocenters. The van der Waals surface area contributed by atoms with E-state index >= 15 is 0 Å². The summed E-state index contributed by atoms with van der Waals surface area (Å²) < 4.78 is 2.07. The van der Waals surface area contributed by atoms with Crippen molar-refractivity contribution in [2.45, 2.75) is 51.6 Å². The van der Waals surface area contributed by atoms with Crippen molar-refractivity contribution in [1.29, 1.82) is 0 Å². The van der Waals surface area contributed by atoms with Crippen LogP contribution in [0.15, 0.2) is 6.07 Å². The van der Waals surface area contributed by atoms with E-state index in [9.17, 15) is 0 Å². The second-order valence-corrected chi connectivity index (χ2v) is 6.44. The standard InChI is InChI=1S/C16H28N4/c1-3-14-10-15(19(2)18-14)12-20-9-5-6-13(11-20)16-7-4-8-17-16/h10,13,16-17H,3-9,11-12H2,1-2H3. The summed E-state index contributed by atoms with van der Waals surface area (Å²) >= 11 is 0. The minimum atomic E-state index is 0.774. The van der Waals surface area contributed by atoms with Gasteiger partial charge in [0.15, 0.2) is 0 Å². The molecule has 1 aromatic heterocycles. The smallest absolute Gasteiger partial charge is 0.0625 e. The average Bonchev–Trinajstić information content (AvgIpc) is 3.10. The van der Waals surface area contributed by atoms with E-state index in [2.05, 4.69) is 40.0 Å². The fourth-order valence-corrected chi connectivity index (χ4v) is 3.80. The summed E-state index contributed by atoms with van der Waals surface area (Å²) in [7, 11) is 2.08. The van der Waals surface area contributed by atoms with Crippen LogP contribution in [0.25, 0.3) is 0 Å². The lowest BCUT2D eigenvalue weighted by Crippen LogP contribution is -2.43. The van der Waals surface area contributed by atoms with Gasteiger partial charge in [-0.2, -0.15) is 5.10 Å². The molecule has 2 saturated heterocycles. The van der Waals surface area contributed by atoms with E-state index in [4.69, 9.17) is 0 Å². The van der Waals surface area contributed by atoms with E-state index < -0.39 is 0 Å². The molecule has 0 radical (unpaired) electrons. The Kier molecular flexibility index (Phi) is 4.41. The van der Waals surface area contributed by atoms with Crippen LogP contribution in [0, 0.1) is 5.92 Å². The second-order valence-electron chi connectivity index (χ2n) is 6.44. The number of rotatable bonds is 4. The van der Waals surface area contributed by atoms with Crippen LogP contribution in [0.3, 0.4) is 0 Å². The zero-order chi connectivity index (χ0) is 13.9. The van der Waals surface area contributed by atoms with Gasteiger partial charge in [-0.25, -0.2) is 0 Å². The van der Waals surface area contributed by atoms with Gasteiger partial charge in [-0.05, 0) is 57.2 Å². The molecule has 20 heavy (non-hydrogen) atoms. The first kappa shape index (κ1) is 14.1. The molecule has 1 N–H and O–H groups in total. The van der Waals surface area contributed by atoms with E-state index in [1.165, 1.54) is 56.7 Å². The Morgan fingerprint density at radius 1 is 1.35 bits per heavy atom. The summed E-state index contributed by atoms with van der Waals surface area (Å²) in [6.45, 7) is 6.96. The molecule has 0 aromatic carbocycles. The molecular formula is C16H28N4. The SMILES string of the molecule is CCc1cc(CN2CCCC(C3CCCN3)C2)n(C)n1. The highest BCUT2D eigenvalue weighted by molar-refractivity contribution is 5.10. The van der Waals surface area contributed by atoms with Gasteiger partial charge in [-0.1, -0.05) is 6.92 Å². The van der Waals surface area contributed by atoms with E-state index in [1.54, 1.807) is 0 Å². The Hall–Kier alpha value is -0.870. The fraction of sp³-hybridized carbons (Fsp3) is 0.812. The van der Waals surface area contributed by atoms with Crippen LogP contribution in [0.2, 0.25) is 0 Å². The summed E-state index contributed by atoms with van der Waals surface area (Å²) in [4.78, 5) is 2.63. The third-order valence-corrected chi connectivity index (χ3v) is 4.98. The molecule has 1 aromatic rings. The molecule has 0 amide bonds. The van der Waals surface area contributed by atoms with Crippen LogP contribution < -0.4 is 5.32 Å². The molecule has 4 heteroatoms. The van der Waals surface area contributed by atoms with Gasteiger partial charge in [0.25, 0.3) is 0 Å². The van der Waals surface area contributed by atoms with Crippen LogP contribution in [-0.4, -0.2) is 40.4 Å². The van der Waals surface area contributed by atoms with Crippen molar-refractivity contribution in [2.24, 2.45) is 13.0 Å². The van der Waals surface area contributed by atoms with Crippen LogP contribution in [0.4, 0.5) is 0 Å². The zero-order valence-corrected chi connectivity index (χ0v) is 12.9. The van der Waals surface area contributed by atoms with Gasteiger partial charge in [0.05, 0.1) is 11.4 Å². The Bertz CT molecular complexity index is 434. The molecule has 0 bridgehead atoms. The third-order valence-electron chi connectivity index (χ3n) is 4.98. The topological polar surface area (TPSA) is 33.1 Å². The quantitative estimate of drug-likeness (QED) is 0.912. The summed E-state index contributed by atoms with van der Waals surface area (Å²) in [5.74, 6) is 0.852. The second kappa shape index (κ2) is 6.27. The first-order valence-corrected chi connectivity index (χ1v) is 8.23. The Morgan fingerprint density at radius 3 is 2.95 bits per heavy atom. The number of nitrogens with zero attached hydrogens (tertiary/aromatic N) is 3. The number of hydrogen-bond donors (Lipinski definition) is 1. The molecular weight excluding hydrogens is 248 g/mol. The molecule has 112 valence electrons. The highest BCUT2D eigenvalue weighted by atomic mass is 15.3. The number of aromatic nitrogens is 2. The number of nitrogens with one attached hydrogen (secondary N) is 1. The minimum absolute atomic E-state index is 0.774. The van der Waals surface area contributed by atoms with Gasteiger partial charge in [0, 0.05) is 26.2 Å². The van der Waals surface area contributed by atoms with Crippen molar-refractivity contribution in [3.63, 3.8) is 0 Å². The van der Waals surface area contributed by atoms with Gasteiger partial charge in [0.2, 0.25) is 0 Å². The van der Waals surface area contributed by atoms with E-state index in [-0.39, 0.29) is 0 Å². The first-order valence-electron chi connectivity index (χ1n) is 8.23. The molecule has 3 rings (SSSR count). The first-order chi connectivity index (χ1) is 9.76. The molecule has 2 aliphatic heterocycles. The van der Waals surface area contributed by atoms with Crippen LogP contribution in [0.5, 0.6) is 0 Å². The van der Waals surface area contributed by atoms with E-state index in [0.717, 1.165) is 24.9 Å². The molecule has 2 aliphatic rings. The van der Waals surface area contributed by atoms with Gasteiger partial charge in [0.1, 0.15) is 0 Å². The van der Waals surface area contributed by atoms with Gasteiger partial charge < -0.3 is 5.32 Å². The van der Waals surface area contributed by atoms with Crippen molar-refractivity contribution in [3.05, 3.63) is 17.5 Å². The molecule has 4 nitrogen and oxygen atoms in total. The van der Waals surface area contributed by atoms with E-state index in [1.807, 2.05) is 0 Å². The molecule has 0 saturated carbocycles. The van der Waals surface area contributed by atoms with Crippen LogP contribution in [-0.2, 0) is 20.0 Å². The van der Waals surface area contributed by atoms with Crippen LogP contribution in [0.1, 0.15) is 44.0 Å². The maximum absolute atomic E-state index is 4.57. The van der Waals surface area contributed by atoms with Gasteiger partial charge >= 0.3 is 0 Å². The maximum Gasteiger partial charge on any atom is 0.0625 e. The Balaban J connectivity index is 1.60. The molecule has 0 aliphatic carbocycles. The summed E-state index contributed by atoms with van der Waals surface area (Å²) in [5.41, 5.74) is 2.58. The number of hydrogen-bond acceptors (Lipinski definition) is 3. The summed E-state index contributed by atoms with van der Waals surface area (Å²) in [6, 6.07) is 3.05. The minimum Gasteiger partial charge on any atom is -0.314 e. The van der Waals surface area contributed by atoms with Gasteiger partial charge in [-0.3, -0.25) is 9.58 Å². The lowest BCUT2D eigenvalue weighted by atomic mass is 9.90. The van der Waals surface area contributed by atoms with Crippen LogP contribution >= 0.6 is 0 Å². The van der Waals surface area contributed by atoms with Crippen molar-refractivity contribution in [3.8, 4) is 0 Å². The maximum atomic E-state index is 4.57. The largest absolute Gasteiger partial charge is 0.314 e. The number of aryl methyl sites for hydroxylation is 2. The third kappa shape index (κ3) is 3.07. The Morgan fingerprint density at radius 2 is 2.25 bits per heavy atom. The zero-order valence-electron chi connectivity index (χ0n) is 12.9. The van der Waals surface area contributed by atoms with E-state index in [0.29, 0.717) is 0 Å². The normalized spacial score (nSPS) is 28.1. The molecule has 2 unspecified atom stereocenters. The highest BCUT2D eigenvalue weighted by Gasteiger charge is 2.29. The molecule has 0 spiro atoms. The monoisotopic (exact) mass is 276 g/mol.